The molecule has 0 spiro atoms. The number of hydrogen-bond acceptors (Lipinski definition) is 5. The van der Waals surface area contributed by atoms with Crippen molar-refractivity contribution in [2.45, 2.75) is 6.42 Å². The van der Waals surface area contributed by atoms with E-state index in [0.717, 1.165) is 0 Å². The van der Waals surface area contributed by atoms with E-state index >= 15 is 0 Å². The second-order valence-corrected chi connectivity index (χ2v) is 7.88. The van der Waals surface area contributed by atoms with Crippen LogP contribution in [0.4, 0.5) is 11.4 Å². The third-order valence-corrected chi connectivity index (χ3v) is 5.36. The lowest BCUT2D eigenvalue weighted by Gasteiger charge is -2.16. The van der Waals surface area contributed by atoms with Crippen molar-refractivity contribution in [3.8, 4) is 11.5 Å². The Morgan fingerprint density at radius 2 is 1.75 bits per heavy atom. The van der Waals surface area contributed by atoms with Gasteiger partial charge in [-0.3, -0.25) is 19.8 Å². The molecule has 0 bridgehead atoms. The van der Waals surface area contributed by atoms with Gasteiger partial charge in [0.05, 0.1) is 12.8 Å². The Balaban J connectivity index is 1.58. The number of amides is 3. The van der Waals surface area contributed by atoms with Gasteiger partial charge in [0.25, 0.3) is 17.7 Å². The highest BCUT2D eigenvalue weighted by Crippen LogP contribution is 2.35. The van der Waals surface area contributed by atoms with Crippen LogP contribution in [0.3, 0.4) is 0 Å². The molecule has 0 saturated carbocycles. The molecule has 3 aromatic rings. The van der Waals surface area contributed by atoms with Gasteiger partial charge in [0.2, 0.25) is 0 Å². The van der Waals surface area contributed by atoms with E-state index in [9.17, 15) is 14.4 Å². The summed E-state index contributed by atoms with van der Waals surface area (Å²) < 4.78 is 11.3. The van der Waals surface area contributed by atoms with Crippen molar-refractivity contribution >= 4 is 35.2 Å². The predicted molar refractivity (Wildman–Crippen MR) is 138 cm³/mol. The molecule has 1 fully saturated rings. The van der Waals surface area contributed by atoms with E-state index in [1.54, 1.807) is 54.6 Å². The molecular weight excluding hydrogens is 458 g/mol. The first-order valence-electron chi connectivity index (χ1n) is 11.2. The summed E-state index contributed by atoms with van der Waals surface area (Å²) in [7, 11) is 1.48. The number of rotatable bonds is 9. The van der Waals surface area contributed by atoms with Crippen LogP contribution in [-0.2, 0) is 20.8 Å². The summed E-state index contributed by atoms with van der Waals surface area (Å²) in [5.74, 6) is -0.553. The molecule has 1 heterocycles. The zero-order valence-corrected chi connectivity index (χ0v) is 19.7. The number of nitrogens with zero attached hydrogens (tertiary/aromatic N) is 1. The molecule has 8 heteroatoms. The van der Waals surface area contributed by atoms with Gasteiger partial charge in [-0.15, -0.1) is 6.58 Å². The number of carbonyl (C=O) groups excluding carboxylic acids is 3. The van der Waals surface area contributed by atoms with Crippen LogP contribution < -0.4 is 25.2 Å². The minimum absolute atomic E-state index is 0.0126. The normalized spacial score (nSPS) is 13.9. The first-order chi connectivity index (χ1) is 17.5. The SMILES string of the molecule is C=CCc1cc(C=C2C(=O)NN(c3ccccc3)C2=O)cc(OC)c1OCC(=O)Nc1ccccc1. The zero-order valence-electron chi connectivity index (χ0n) is 19.7. The Morgan fingerprint density at radius 3 is 2.42 bits per heavy atom. The zero-order chi connectivity index (χ0) is 25.5. The summed E-state index contributed by atoms with van der Waals surface area (Å²) in [5, 5.41) is 3.97. The van der Waals surface area contributed by atoms with Gasteiger partial charge in [-0.2, -0.15) is 0 Å². The Morgan fingerprint density at radius 1 is 1.06 bits per heavy atom. The van der Waals surface area contributed by atoms with Crippen LogP contribution in [0, 0.1) is 0 Å². The average molecular weight is 484 g/mol. The van der Waals surface area contributed by atoms with Crippen molar-refractivity contribution in [1.29, 1.82) is 0 Å². The number of methoxy groups -OCH3 is 1. The maximum absolute atomic E-state index is 12.9. The van der Waals surface area contributed by atoms with Crippen molar-refractivity contribution in [3.05, 3.63) is 102 Å². The maximum atomic E-state index is 12.9. The molecule has 0 atom stereocenters. The van der Waals surface area contributed by atoms with Gasteiger partial charge in [-0.05, 0) is 54.5 Å². The summed E-state index contributed by atoms with van der Waals surface area (Å²) in [4.78, 5) is 37.9. The number of carbonyl (C=O) groups is 3. The molecule has 2 N–H and O–H groups in total. The average Bonchev–Trinajstić information content (AvgIpc) is 3.17. The second kappa shape index (κ2) is 11.1. The molecule has 4 rings (SSSR count). The topological polar surface area (TPSA) is 97.0 Å². The number of anilines is 2. The number of para-hydroxylation sites is 2. The van der Waals surface area contributed by atoms with Crippen molar-refractivity contribution < 1.29 is 23.9 Å². The van der Waals surface area contributed by atoms with Crippen molar-refractivity contribution in [2.24, 2.45) is 0 Å². The van der Waals surface area contributed by atoms with Gasteiger partial charge in [0, 0.05) is 11.3 Å². The summed E-state index contributed by atoms with van der Waals surface area (Å²) in [5.41, 5.74) is 5.05. The lowest BCUT2D eigenvalue weighted by molar-refractivity contribution is -0.118. The second-order valence-electron chi connectivity index (χ2n) is 7.88. The first kappa shape index (κ1) is 24.3. The largest absolute Gasteiger partial charge is 0.493 e. The smallest absolute Gasteiger partial charge is 0.282 e. The van der Waals surface area contributed by atoms with Crippen LogP contribution in [0.2, 0.25) is 0 Å². The number of hydrazine groups is 1. The van der Waals surface area contributed by atoms with E-state index < -0.39 is 11.8 Å². The minimum atomic E-state index is -0.508. The van der Waals surface area contributed by atoms with Gasteiger partial charge < -0.3 is 14.8 Å². The fraction of sp³-hybridized carbons (Fsp3) is 0.107. The van der Waals surface area contributed by atoms with E-state index in [4.69, 9.17) is 9.47 Å². The molecular formula is C28H25N3O5. The molecule has 3 amide bonds. The van der Waals surface area contributed by atoms with Crippen LogP contribution in [0.5, 0.6) is 11.5 Å². The summed E-state index contributed by atoms with van der Waals surface area (Å²) in [6.07, 6.45) is 3.61. The standard InChI is InChI=1S/C28H25N3O5/c1-3-10-20-15-19(16-23-27(33)30-31(28(23)34)22-13-8-5-9-14-22)17-24(35-2)26(20)36-18-25(32)29-21-11-6-4-7-12-21/h3-9,11-17H,1,10,18H2,2H3,(H,29,32)(H,30,33). The van der Waals surface area contributed by atoms with E-state index in [0.29, 0.717) is 40.4 Å². The molecule has 3 aromatic carbocycles. The minimum Gasteiger partial charge on any atom is -0.493 e. The monoisotopic (exact) mass is 483 g/mol. The predicted octanol–water partition coefficient (Wildman–Crippen LogP) is 3.90. The molecule has 1 aliphatic rings. The highest BCUT2D eigenvalue weighted by atomic mass is 16.5. The maximum Gasteiger partial charge on any atom is 0.282 e. The third-order valence-electron chi connectivity index (χ3n) is 5.36. The van der Waals surface area contributed by atoms with Crippen LogP contribution in [0.1, 0.15) is 11.1 Å². The fourth-order valence-electron chi connectivity index (χ4n) is 3.73. The molecule has 0 unspecified atom stereocenters. The lowest BCUT2D eigenvalue weighted by Crippen LogP contribution is -2.35. The van der Waals surface area contributed by atoms with Crippen molar-refractivity contribution in [1.82, 2.24) is 5.43 Å². The highest BCUT2D eigenvalue weighted by Gasteiger charge is 2.34. The molecule has 0 radical (unpaired) electrons. The van der Waals surface area contributed by atoms with E-state index in [1.165, 1.54) is 18.2 Å². The highest BCUT2D eigenvalue weighted by molar-refractivity contribution is 6.31. The van der Waals surface area contributed by atoms with Crippen LogP contribution >= 0.6 is 0 Å². The van der Waals surface area contributed by atoms with Crippen molar-refractivity contribution in [3.63, 3.8) is 0 Å². The fourth-order valence-corrected chi connectivity index (χ4v) is 3.73. The third kappa shape index (κ3) is 5.44. The van der Waals surface area contributed by atoms with Crippen LogP contribution in [0.25, 0.3) is 6.08 Å². The number of allylic oxidation sites excluding steroid dienone is 1. The van der Waals surface area contributed by atoms with Crippen LogP contribution in [0.15, 0.2) is 91.0 Å². The number of benzene rings is 3. The van der Waals surface area contributed by atoms with Crippen molar-refractivity contribution in [2.75, 3.05) is 24.0 Å². The Kier molecular flexibility index (Phi) is 7.45. The number of hydrogen-bond donors (Lipinski definition) is 2. The summed E-state index contributed by atoms with van der Waals surface area (Å²) in [6.45, 7) is 3.55. The quantitative estimate of drug-likeness (QED) is 0.273. The summed E-state index contributed by atoms with van der Waals surface area (Å²) in [6, 6.07) is 21.3. The molecule has 182 valence electrons. The Hall–Kier alpha value is -4.85. The molecule has 8 nitrogen and oxygen atoms in total. The van der Waals surface area contributed by atoms with Gasteiger partial charge in [-0.25, -0.2) is 5.01 Å². The number of ether oxygens (including phenoxy) is 2. The van der Waals surface area contributed by atoms with E-state index in [-0.39, 0.29) is 18.1 Å². The molecule has 0 aromatic heterocycles. The molecule has 36 heavy (non-hydrogen) atoms. The summed E-state index contributed by atoms with van der Waals surface area (Å²) >= 11 is 0. The first-order valence-corrected chi connectivity index (χ1v) is 11.2. The van der Waals surface area contributed by atoms with Gasteiger partial charge in [0.15, 0.2) is 18.1 Å². The lowest BCUT2D eigenvalue weighted by atomic mass is 10.0. The number of nitrogens with one attached hydrogen (secondary N) is 2. The Labute approximate surface area is 208 Å². The van der Waals surface area contributed by atoms with E-state index in [1.807, 2.05) is 24.3 Å². The molecule has 1 aliphatic heterocycles. The Bertz CT molecular complexity index is 1320. The van der Waals surface area contributed by atoms with E-state index in [2.05, 4.69) is 17.3 Å². The van der Waals surface area contributed by atoms with Gasteiger partial charge in [0.1, 0.15) is 5.57 Å². The van der Waals surface area contributed by atoms with Crippen LogP contribution in [-0.4, -0.2) is 31.4 Å². The van der Waals surface area contributed by atoms with Gasteiger partial charge in [-0.1, -0.05) is 42.5 Å². The molecule has 0 aliphatic carbocycles. The van der Waals surface area contributed by atoms with Gasteiger partial charge >= 0.3 is 0 Å². The molecule has 1 saturated heterocycles.